The van der Waals surface area contributed by atoms with Gasteiger partial charge in [0.2, 0.25) is 0 Å². The molecule has 2 nitrogen and oxygen atoms in total. The molecule has 1 aromatic carbocycles. The van der Waals surface area contributed by atoms with Gasteiger partial charge in [-0.1, -0.05) is 36.2 Å². The Balaban J connectivity index is 2.07. The van der Waals surface area contributed by atoms with Gasteiger partial charge in [-0.3, -0.25) is 0 Å². The molecular formula is C14H19Cl2NO. The first-order valence-electron chi connectivity index (χ1n) is 6.49. The molecule has 1 aliphatic heterocycles. The quantitative estimate of drug-likeness (QED) is 0.896. The van der Waals surface area contributed by atoms with E-state index < -0.39 is 0 Å². The van der Waals surface area contributed by atoms with E-state index >= 15 is 0 Å². The van der Waals surface area contributed by atoms with Crippen LogP contribution in [-0.4, -0.2) is 19.3 Å². The third-order valence-electron chi connectivity index (χ3n) is 3.40. The van der Waals surface area contributed by atoms with Gasteiger partial charge in [0.25, 0.3) is 0 Å². The minimum Gasteiger partial charge on any atom is -0.381 e. The first kappa shape index (κ1) is 14.1. The van der Waals surface area contributed by atoms with Crippen LogP contribution in [0.1, 0.15) is 37.8 Å². The first-order valence-corrected chi connectivity index (χ1v) is 7.25. The van der Waals surface area contributed by atoms with Crippen LogP contribution in [0.15, 0.2) is 18.2 Å². The summed E-state index contributed by atoms with van der Waals surface area (Å²) < 4.78 is 5.38. The van der Waals surface area contributed by atoms with Crippen LogP contribution in [0.5, 0.6) is 0 Å². The second kappa shape index (κ2) is 6.76. The van der Waals surface area contributed by atoms with Gasteiger partial charge in [-0.05, 0) is 37.0 Å². The van der Waals surface area contributed by atoms with E-state index in [1.165, 1.54) is 0 Å². The predicted octanol–water partition coefficient (Wildman–Crippen LogP) is 4.21. The van der Waals surface area contributed by atoms with E-state index in [1.54, 1.807) is 0 Å². The number of nitrogens with one attached hydrogen (secondary N) is 1. The van der Waals surface area contributed by atoms with Crippen molar-refractivity contribution in [3.05, 3.63) is 33.8 Å². The van der Waals surface area contributed by atoms with E-state index in [4.69, 9.17) is 27.9 Å². The highest BCUT2D eigenvalue weighted by Gasteiger charge is 2.19. The Bertz CT molecular complexity index is 391. The molecule has 0 aliphatic carbocycles. The molecule has 1 heterocycles. The molecule has 1 unspecified atom stereocenters. The van der Waals surface area contributed by atoms with Crippen LogP contribution in [0.2, 0.25) is 10.0 Å². The van der Waals surface area contributed by atoms with Crippen LogP contribution in [0.4, 0.5) is 0 Å². The summed E-state index contributed by atoms with van der Waals surface area (Å²) in [7, 11) is 0. The summed E-state index contributed by atoms with van der Waals surface area (Å²) in [5.74, 6) is 0. The fourth-order valence-corrected chi connectivity index (χ4v) is 2.90. The fourth-order valence-electron chi connectivity index (χ4n) is 2.36. The number of halogens is 2. The molecule has 100 valence electrons. The number of benzene rings is 1. The third-order valence-corrected chi connectivity index (χ3v) is 3.97. The molecule has 1 atom stereocenters. The molecule has 1 fully saturated rings. The van der Waals surface area contributed by atoms with Gasteiger partial charge in [0.1, 0.15) is 0 Å². The summed E-state index contributed by atoms with van der Waals surface area (Å²) in [4.78, 5) is 0. The molecule has 0 amide bonds. The second-order valence-corrected chi connectivity index (χ2v) is 5.52. The molecule has 1 aliphatic rings. The topological polar surface area (TPSA) is 21.3 Å². The normalized spacial score (nSPS) is 18.8. The number of hydrogen-bond donors (Lipinski definition) is 1. The van der Waals surface area contributed by atoms with E-state index in [2.05, 4.69) is 12.2 Å². The highest BCUT2D eigenvalue weighted by atomic mass is 35.5. The fraction of sp³-hybridized carbons (Fsp3) is 0.571. The molecule has 0 spiro atoms. The summed E-state index contributed by atoms with van der Waals surface area (Å²) in [5, 5.41) is 5.10. The standard InChI is InChI=1S/C14H19Cl2NO/c1-2-14(17-11-5-7-18-8-6-11)12-4-3-10(15)9-13(12)16/h3-4,9,11,14,17H,2,5-8H2,1H3. The molecule has 0 bridgehead atoms. The lowest BCUT2D eigenvalue weighted by Crippen LogP contribution is -2.37. The Hall–Kier alpha value is -0.280. The van der Waals surface area contributed by atoms with Crippen molar-refractivity contribution in [3.8, 4) is 0 Å². The van der Waals surface area contributed by atoms with Crippen molar-refractivity contribution in [2.45, 2.75) is 38.3 Å². The van der Waals surface area contributed by atoms with Gasteiger partial charge in [0.05, 0.1) is 0 Å². The minimum atomic E-state index is 0.290. The minimum absolute atomic E-state index is 0.290. The van der Waals surface area contributed by atoms with Gasteiger partial charge in [0, 0.05) is 35.3 Å². The highest BCUT2D eigenvalue weighted by Crippen LogP contribution is 2.29. The average Bonchev–Trinajstić information content (AvgIpc) is 2.38. The summed E-state index contributed by atoms with van der Waals surface area (Å²) in [6.45, 7) is 3.87. The Labute approximate surface area is 119 Å². The van der Waals surface area contributed by atoms with Crippen LogP contribution >= 0.6 is 23.2 Å². The maximum Gasteiger partial charge on any atom is 0.0480 e. The lowest BCUT2D eigenvalue weighted by atomic mass is 10.0. The van der Waals surface area contributed by atoms with Gasteiger partial charge in [-0.2, -0.15) is 0 Å². The van der Waals surface area contributed by atoms with Gasteiger partial charge >= 0.3 is 0 Å². The van der Waals surface area contributed by atoms with Crippen molar-refractivity contribution in [2.75, 3.05) is 13.2 Å². The SMILES string of the molecule is CCC(NC1CCOCC1)c1ccc(Cl)cc1Cl. The molecule has 1 N–H and O–H groups in total. The van der Waals surface area contributed by atoms with Crippen molar-refractivity contribution in [1.29, 1.82) is 0 Å². The third kappa shape index (κ3) is 3.61. The van der Waals surface area contributed by atoms with Crippen molar-refractivity contribution in [1.82, 2.24) is 5.32 Å². The van der Waals surface area contributed by atoms with Gasteiger partial charge in [-0.25, -0.2) is 0 Å². The lowest BCUT2D eigenvalue weighted by Gasteiger charge is -2.28. The summed E-state index contributed by atoms with van der Waals surface area (Å²) in [6, 6.07) is 6.54. The van der Waals surface area contributed by atoms with E-state index in [0.717, 1.165) is 43.1 Å². The summed E-state index contributed by atoms with van der Waals surface area (Å²) in [5.41, 5.74) is 1.13. The van der Waals surface area contributed by atoms with E-state index in [0.29, 0.717) is 11.1 Å². The van der Waals surface area contributed by atoms with Crippen molar-refractivity contribution in [3.63, 3.8) is 0 Å². The molecule has 0 aromatic heterocycles. The molecule has 0 saturated carbocycles. The monoisotopic (exact) mass is 287 g/mol. The van der Waals surface area contributed by atoms with Gasteiger partial charge < -0.3 is 10.1 Å². The zero-order chi connectivity index (χ0) is 13.0. The summed E-state index contributed by atoms with van der Waals surface area (Å²) in [6.07, 6.45) is 3.15. The van der Waals surface area contributed by atoms with E-state index in [9.17, 15) is 0 Å². The van der Waals surface area contributed by atoms with Crippen LogP contribution in [0, 0.1) is 0 Å². The molecule has 1 saturated heterocycles. The second-order valence-electron chi connectivity index (χ2n) is 4.68. The highest BCUT2D eigenvalue weighted by molar-refractivity contribution is 6.35. The van der Waals surface area contributed by atoms with E-state index in [1.807, 2.05) is 18.2 Å². The van der Waals surface area contributed by atoms with Crippen LogP contribution in [-0.2, 0) is 4.74 Å². The first-order chi connectivity index (χ1) is 8.70. The number of ether oxygens (including phenoxy) is 1. The van der Waals surface area contributed by atoms with Crippen molar-refractivity contribution < 1.29 is 4.74 Å². The average molecular weight is 288 g/mol. The van der Waals surface area contributed by atoms with Crippen LogP contribution < -0.4 is 5.32 Å². The maximum absolute atomic E-state index is 6.27. The number of rotatable bonds is 4. The Kier molecular flexibility index (Phi) is 5.31. The molecule has 4 heteroatoms. The van der Waals surface area contributed by atoms with Crippen molar-refractivity contribution >= 4 is 23.2 Å². The van der Waals surface area contributed by atoms with E-state index in [-0.39, 0.29) is 6.04 Å². The van der Waals surface area contributed by atoms with Gasteiger partial charge in [0.15, 0.2) is 0 Å². The summed E-state index contributed by atoms with van der Waals surface area (Å²) >= 11 is 12.2. The maximum atomic E-state index is 6.27. The Morgan fingerprint density at radius 3 is 2.67 bits per heavy atom. The molecule has 2 rings (SSSR count). The largest absolute Gasteiger partial charge is 0.381 e. The Morgan fingerprint density at radius 2 is 2.06 bits per heavy atom. The van der Waals surface area contributed by atoms with Crippen molar-refractivity contribution in [2.24, 2.45) is 0 Å². The van der Waals surface area contributed by atoms with Crippen LogP contribution in [0.3, 0.4) is 0 Å². The Morgan fingerprint density at radius 1 is 1.33 bits per heavy atom. The zero-order valence-electron chi connectivity index (χ0n) is 10.6. The molecule has 0 radical (unpaired) electrons. The molecule has 1 aromatic rings. The molecular weight excluding hydrogens is 269 g/mol. The lowest BCUT2D eigenvalue weighted by molar-refractivity contribution is 0.0746. The van der Waals surface area contributed by atoms with Gasteiger partial charge in [-0.15, -0.1) is 0 Å². The van der Waals surface area contributed by atoms with Crippen LogP contribution in [0.25, 0.3) is 0 Å². The smallest absolute Gasteiger partial charge is 0.0480 e. The number of hydrogen-bond acceptors (Lipinski definition) is 2. The zero-order valence-corrected chi connectivity index (χ0v) is 12.1. The molecule has 18 heavy (non-hydrogen) atoms. The predicted molar refractivity (Wildman–Crippen MR) is 76.5 cm³/mol.